The number of nitrogens with zero attached hydrogens (tertiary/aromatic N) is 1. The van der Waals surface area contributed by atoms with Gasteiger partial charge < -0.3 is 10.3 Å². The van der Waals surface area contributed by atoms with Crippen LogP contribution in [0.5, 0.6) is 0 Å². The second kappa shape index (κ2) is 3.91. The number of benzene rings is 1. The van der Waals surface area contributed by atoms with Gasteiger partial charge in [0.25, 0.3) is 0 Å². The van der Waals surface area contributed by atoms with Crippen LogP contribution in [-0.2, 0) is 6.42 Å². The minimum atomic E-state index is 0.595. The molecule has 2 aromatic rings. The van der Waals surface area contributed by atoms with Gasteiger partial charge >= 0.3 is 0 Å². The van der Waals surface area contributed by atoms with Gasteiger partial charge in [0.15, 0.2) is 0 Å². The molecule has 0 saturated heterocycles. The van der Waals surface area contributed by atoms with Gasteiger partial charge in [-0.3, -0.25) is 0 Å². The van der Waals surface area contributed by atoms with Crippen LogP contribution in [0.2, 0.25) is 0 Å². The van der Waals surface area contributed by atoms with Crippen LogP contribution in [0.3, 0.4) is 0 Å². The average molecular weight is 216 g/mol. The van der Waals surface area contributed by atoms with Gasteiger partial charge in [0.1, 0.15) is 11.3 Å². The maximum atomic E-state index is 5.58. The minimum Gasteiger partial charge on any atom is -0.360 e. The molecule has 0 bridgehead atoms. The Labute approximate surface area is 94.6 Å². The topological polar surface area (TPSA) is 52.0 Å². The van der Waals surface area contributed by atoms with E-state index in [0.29, 0.717) is 12.5 Å². The average Bonchev–Trinajstić information content (AvgIpc) is 2.60. The summed E-state index contributed by atoms with van der Waals surface area (Å²) in [6, 6.07) is 6.31. The van der Waals surface area contributed by atoms with Crippen LogP contribution in [0, 0.1) is 0 Å². The number of fused-ring (bicyclic) bond motifs is 1. The zero-order valence-corrected chi connectivity index (χ0v) is 9.28. The Morgan fingerprint density at radius 2 is 2.25 bits per heavy atom. The minimum absolute atomic E-state index is 0.595. The molecule has 1 fully saturated rings. The Morgan fingerprint density at radius 3 is 2.94 bits per heavy atom. The van der Waals surface area contributed by atoms with Crippen molar-refractivity contribution in [1.29, 1.82) is 0 Å². The maximum Gasteiger partial charge on any atom is 0.147 e. The van der Waals surface area contributed by atoms with Gasteiger partial charge in [-0.05, 0) is 43.5 Å². The quantitative estimate of drug-likeness (QED) is 0.858. The molecule has 3 nitrogen and oxygen atoms in total. The standard InChI is InChI=1S/C13H16N2O/c14-7-6-9-4-5-12-11(8-9)13(16-15-12)10-2-1-3-10/h4-5,8,10H,1-3,6-7,14H2. The first kappa shape index (κ1) is 9.85. The SMILES string of the molecule is NCCc1ccc2noc(C3CCC3)c2c1. The number of hydrogen-bond donors (Lipinski definition) is 1. The van der Waals surface area contributed by atoms with Crippen molar-refractivity contribution >= 4 is 10.9 Å². The van der Waals surface area contributed by atoms with E-state index in [1.165, 1.54) is 30.2 Å². The van der Waals surface area contributed by atoms with Crippen molar-refractivity contribution < 1.29 is 4.52 Å². The summed E-state index contributed by atoms with van der Waals surface area (Å²) in [6.07, 6.45) is 4.72. The molecule has 0 spiro atoms. The first-order chi connectivity index (χ1) is 7.88. The zero-order valence-electron chi connectivity index (χ0n) is 9.28. The van der Waals surface area contributed by atoms with Crippen LogP contribution in [0.1, 0.15) is 36.5 Å². The van der Waals surface area contributed by atoms with Gasteiger partial charge in [-0.15, -0.1) is 0 Å². The number of rotatable bonds is 3. The predicted molar refractivity (Wildman–Crippen MR) is 63.4 cm³/mol. The van der Waals surface area contributed by atoms with E-state index in [1.807, 2.05) is 6.07 Å². The summed E-state index contributed by atoms with van der Waals surface area (Å²) in [5, 5.41) is 5.31. The van der Waals surface area contributed by atoms with Crippen molar-refractivity contribution in [2.24, 2.45) is 5.73 Å². The summed E-state index contributed by atoms with van der Waals surface area (Å²) in [5.41, 5.74) is 7.83. The van der Waals surface area contributed by atoms with Crippen molar-refractivity contribution in [1.82, 2.24) is 5.16 Å². The predicted octanol–water partition coefficient (Wildman–Crippen LogP) is 2.60. The summed E-state index contributed by atoms with van der Waals surface area (Å²) in [6.45, 7) is 0.690. The normalized spacial score (nSPS) is 16.6. The van der Waals surface area contributed by atoms with Crippen molar-refractivity contribution in [3.63, 3.8) is 0 Å². The van der Waals surface area contributed by atoms with Gasteiger partial charge in [-0.2, -0.15) is 0 Å². The van der Waals surface area contributed by atoms with Crippen LogP contribution in [0.25, 0.3) is 10.9 Å². The lowest BCUT2D eigenvalue weighted by Crippen LogP contribution is -2.08. The molecular formula is C13H16N2O. The highest BCUT2D eigenvalue weighted by Crippen LogP contribution is 2.39. The van der Waals surface area contributed by atoms with Gasteiger partial charge in [0.2, 0.25) is 0 Å². The van der Waals surface area contributed by atoms with E-state index in [1.54, 1.807) is 0 Å². The van der Waals surface area contributed by atoms with Crippen LogP contribution in [0.4, 0.5) is 0 Å². The van der Waals surface area contributed by atoms with E-state index in [0.717, 1.165) is 17.7 Å². The summed E-state index contributed by atoms with van der Waals surface area (Å²) >= 11 is 0. The van der Waals surface area contributed by atoms with Crippen LogP contribution >= 0.6 is 0 Å². The van der Waals surface area contributed by atoms with Crippen molar-refractivity contribution in [2.45, 2.75) is 31.6 Å². The molecule has 1 aromatic carbocycles. The Hall–Kier alpha value is -1.35. The fourth-order valence-corrected chi connectivity index (χ4v) is 2.29. The molecule has 3 rings (SSSR count). The second-order valence-corrected chi connectivity index (χ2v) is 4.56. The lowest BCUT2D eigenvalue weighted by atomic mass is 9.82. The van der Waals surface area contributed by atoms with Crippen molar-refractivity contribution in [3.8, 4) is 0 Å². The summed E-state index contributed by atoms with van der Waals surface area (Å²) in [4.78, 5) is 0. The molecule has 0 amide bonds. The molecule has 84 valence electrons. The third-order valence-corrected chi connectivity index (χ3v) is 3.48. The number of hydrogen-bond acceptors (Lipinski definition) is 3. The molecule has 16 heavy (non-hydrogen) atoms. The lowest BCUT2D eigenvalue weighted by molar-refractivity contribution is 0.305. The van der Waals surface area contributed by atoms with E-state index in [2.05, 4.69) is 17.3 Å². The van der Waals surface area contributed by atoms with Gasteiger partial charge in [0, 0.05) is 11.3 Å². The smallest absolute Gasteiger partial charge is 0.147 e. The van der Waals surface area contributed by atoms with E-state index in [-0.39, 0.29) is 0 Å². The Balaban J connectivity index is 2.04. The molecule has 1 aromatic heterocycles. The van der Waals surface area contributed by atoms with Crippen LogP contribution in [0.15, 0.2) is 22.7 Å². The molecule has 0 unspecified atom stereocenters. The molecule has 1 aliphatic carbocycles. The fraction of sp³-hybridized carbons (Fsp3) is 0.462. The summed E-state index contributed by atoms with van der Waals surface area (Å²) in [5.74, 6) is 1.68. The molecule has 1 heterocycles. The van der Waals surface area contributed by atoms with Crippen molar-refractivity contribution in [3.05, 3.63) is 29.5 Å². The first-order valence-electron chi connectivity index (χ1n) is 5.97. The summed E-state index contributed by atoms with van der Waals surface area (Å²) < 4.78 is 5.47. The van der Waals surface area contributed by atoms with Gasteiger partial charge in [-0.1, -0.05) is 17.6 Å². The largest absolute Gasteiger partial charge is 0.360 e. The molecule has 0 atom stereocenters. The molecular weight excluding hydrogens is 200 g/mol. The van der Waals surface area contributed by atoms with Gasteiger partial charge in [-0.25, -0.2) is 0 Å². The monoisotopic (exact) mass is 216 g/mol. The highest BCUT2D eigenvalue weighted by molar-refractivity contribution is 5.81. The van der Waals surface area contributed by atoms with Crippen LogP contribution in [-0.4, -0.2) is 11.7 Å². The number of aromatic nitrogens is 1. The maximum absolute atomic E-state index is 5.58. The van der Waals surface area contributed by atoms with E-state index in [4.69, 9.17) is 10.3 Å². The van der Waals surface area contributed by atoms with Gasteiger partial charge in [0.05, 0.1) is 0 Å². The Morgan fingerprint density at radius 1 is 1.38 bits per heavy atom. The fourth-order valence-electron chi connectivity index (χ4n) is 2.29. The molecule has 3 heteroatoms. The molecule has 1 aliphatic rings. The summed E-state index contributed by atoms with van der Waals surface area (Å²) in [7, 11) is 0. The number of nitrogens with two attached hydrogens (primary N) is 1. The molecule has 2 N–H and O–H groups in total. The highest BCUT2D eigenvalue weighted by Gasteiger charge is 2.25. The first-order valence-corrected chi connectivity index (χ1v) is 5.97. The Bertz CT molecular complexity index is 500. The third kappa shape index (κ3) is 1.52. The Kier molecular flexibility index (Phi) is 2.40. The highest BCUT2D eigenvalue weighted by atomic mass is 16.5. The zero-order chi connectivity index (χ0) is 11.0. The lowest BCUT2D eigenvalue weighted by Gasteiger charge is -2.22. The molecule has 1 saturated carbocycles. The van der Waals surface area contributed by atoms with E-state index >= 15 is 0 Å². The van der Waals surface area contributed by atoms with E-state index < -0.39 is 0 Å². The van der Waals surface area contributed by atoms with Crippen molar-refractivity contribution in [2.75, 3.05) is 6.54 Å². The second-order valence-electron chi connectivity index (χ2n) is 4.56. The molecule has 0 aliphatic heterocycles. The molecule has 0 radical (unpaired) electrons. The third-order valence-electron chi connectivity index (χ3n) is 3.48. The van der Waals surface area contributed by atoms with E-state index in [9.17, 15) is 0 Å². The van der Waals surface area contributed by atoms with Crippen LogP contribution < -0.4 is 5.73 Å².